The molecule has 0 aliphatic heterocycles. The molecule has 0 heterocycles. The summed E-state index contributed by atoms with van der Waals surface area (Å²) in [6.45, 7) is 3.66. The van der Waals surface area contributed by atoms with Crippen molar-refractivity contribution in [3.8, 4) is 5.75 Å². The number of hydrogen-bond acceptors (Lipinski definition) is 16. The highest BCUT2D eigenvalue weighted by Gasteiger charge is 2.34. The Bertz CT molecular complexity index is 2250. The number of carboxylic acids is 2. The van der Waals surface area contributed by atoms with Gasteiger partial charge in [0.05, 0.1) is 12.6 Å². The van der Waals surface area contributed by atoms with Gasteiger partial charge >= 0.3 is 11.9 Å². The standard InChI is InChI=1S/C52H82N12O13S/c1-3-31(2)44(56)51(75)63-39(28-33-18-20-34(65)21-19-33)45(69)57-29-42(66)58-38(22-23-43(67)68)49(73)62-40(27-32-13-5-4-6-14-32)50(74)61-36(16-8-11-25-54)47(71)59-35(15-7-10-24-53)46(70)60-37(17-9-12-26-55)48(72)64-41(30-78)52(76)77/h4-6,13-14,18-21,31,35-41,44,65,78H,3,7-12,15-17,22-30,53-56H2,1-2H3,(H,57,69)(H,58,66)(H,59,71)(H,60,70)(H,61,74)(H,62,73)(H,63,75)(H,64,72)(H,67,68)(H,76,77)/t31-,35-,36-,37-,38-,39-,40-,41?,44-/m0/s1. The van der Waals surface area contributed by atoms with Gasteiger partial charge in [-0.1, -0.05) is 62.7 Å². The molecule has 9 atom stereocenters. The number of benzene rings is 2. The monoisotopic (exact) mass is 1110 g/mol. The molecule has 2 rings (SSSR count). The summed E-state index contributed by atoms with van der Waals surface area (Å²) in [5, 5.41) is 49.4. The molecule has 2 aromatic rings. The highest BCUT2D eigenvalue weighted by atomic mass is 32.1. The number of aliphatic carboxylic acids is 2. The van der Waals surface area contributed by atoms with Gasteiger partial charge in [-0.2, -0.15) is 12.6 Å². The summed E-state index contributed by atoms with van der Waals surface area (Å²) in [7, 11) is 0. The van der Waals surface area contributed by atoms with Crippen LogP contribution >= 0.6 is 12.6 Å². The van der Waals surface area contributed by atoms with Gasteiger partial charge < -0.3 is 80.8 Å². The fraction of sp³-hybridized carbons (Fsp3) is 0.577. The molecular formula is C52H82N12O13S. The maximum absolute atomic E-state index is 14.4. The predicted octanol–water partition coefficient (Wildman–Crippen LogP) is -1.67. The molecule has 0 saturated heterocycles. The molecule has 0 spiro atoms. The highest BCUT2D eigenvalue weighted by molar-refractivity contribution is 7.80. The fourth-order valence-corrected chi connectivity index (χ4v) is 8.07. The van der Waals surface area contributed by atoms with Gasteiger partial charge in [0.2, 0.25) is 47.3 Å². The van der Waals surface area contributed by atoms with E-state index in [-0.39, 0.29) is 69.2 Å². The largest absolute Gasteiger partial charge is 0.508 e. The second kappa shape index (κ2) is 37.0. The van der Waals surface area contributed by atoms with Crippen molar-refractivity contribution in [2.45, 2.75) is 152 Å². The number of thiol groups is 1. The Labute approximate surface area is 460 Å². The number of carboxylic acid groups (broad SMARTS) is 2. The Hall–Kier alpha value is -6.87. The average molecular weight is 1120 g/mol. The number of hydrogen-bond donors (Lipinski definition) is 16. The van der Waals surface area contributed by atoms with Crippen molar-refractivity contribution < 1.29 is 63.3 Å². The van der Waals surface area contributed by atoms with E-state index < -0.39 is 127 Å². The van der Waals surface area contributed by atoms with Crippen LogP contribution in [-0.4, -0.2) is 155 Å². The minimum absolute atomic E-state index is 0.00942. The summed E-state index contributed by atoms with van der Waals surface area (Å²) < 4.78 is 0. The zero-order valence-corrected chi connectivity index (χ0v) is 45.4. The maximum atomic E-state index is 14.4. The predicted molar refractivity (Wildman–Crippen MR) is 293 cm³/mol. The molecule has 8 amide bonds. The maximum Gasteiger partial charge on any atom is 0.327 e. The topological polar surface area (TPSA) is 432 Å². The number of nitrogens with one attached hydrogen (secondary N) is 8. The molecular weight excluding hydrogens is 1030 g/mol. The molecule has 1 unspecified atom stereocenters. The quantitative estimate of drug-likeness (QED) is 0.0263. The van der Waals surface area contributed by atoms with Crippen molar-refractivity contribution in [3.63, 3.8) is 0 Å². The number of rotatable bonds is 39. The Balaban J connectivity index is 2.43. The van der Waals surface area contributed by atoms with Gasteiger partial charge in [0.1, 0.15) is 48.0 Å². The first kappa shape index (κ1) is 67.2. The summed E-state index contributed by atoms with van der Waals surface area (Å²) in [4.78, 5) is 134. The van der Waals surface area contributed by atoms with Gasteiger partial charge in [-0.15, -0.1) is 0 Å². The van der Waals surface area contributed by atoms with Crippen LogP contribution in [0.3, 0.4) is 0 Å². The van der Waals surface area contributed by atoms with E-state index in [1.807, 2.05) is 6.92 Å². The number of amides is 8. The third-order valence-electron chi connectivity index (χ3n) is 12.7. The molecule has 0 radical (unpaired) electrons. The third kappa shape index (κ3) is 25.5. The molecule has 19 N–H and O–H groups in total. The number of aromatic hydroxyl groups is 1. The zero-order chi connectivity index (χ0) is 58.2. The van der Waals surface area contributed by atoms with Crippen molar-refractivity contribution in [1.29, 1.82) is 0 Å². The molecule has 25 nitrogen and oxygen atoms in total. The molecule has 0 fully saturated rings. The number of carbonyl (C=O) groups is 10. The lowest BCUT2D eigenvalue weighted by Gasteiger charge is -2.28. The lowest BCUT2D eigenvalue weighted by Crippen LogP contribution is -2.60. The van der Waals surface area contributed by atoms with Gasteiger partial charge in [-0.05, 0) is 113 Å². The number of phenols is 1. The van der Waals surface area contributed by atoms with E-state index >= 15 is 0 Å². The van der Waals surface area contributed by atoms with Gasteiger partial charge in [0, 0.05) is 25.0 Å². The molecule has 434 valence electrons. The summed E-state index contributed by atoms with van der Waals surface area (Å²) in [5.74, 6) is -9.74. The summed E-state index contributed by atoms with van der Waals surface area (Å²) >= 11 is 4.00. The van der Waals surface area contributed by atoms with Crippen molar-refractivity contribution in [3.05, 3.63) is 65.7 Å². The first-order chi connectivity index (χ1) is 37.2. The molecule has 2 aromatic carbocycles. The second-order valence-corrected chi connectivity index (χ2v) is 19.3. The number of unbranched alkanes of at least 4 members (excludes halogenated alkanes) is 3. The van der Waals surface area contributed by atoms with Crippen molar-refractivity contribution in [2.24, 2.45) is 28.9 Å². The van der Waals surface area contributed by atoms with E-state index in [2.05, 4.69) is 55.2 Å². The zero-order valence-electron chi connectivity index (χ0n) is 44.5. The summed E-state index contributed by atoms with van der Waals surface area (Å²) in [5.41, 5.74) is 24.4. The molecule has 26 heteroatoms. The fourth-order valence-electron chi connectivity index (χ4n) is 7.82. The van der Waals surface area contributed by atoms with Crippen LogP contribution in [0.1, 0.15) is 102 Å². The molecule has 78 heavy (non-hydrogen) atoms. The number of phenolic OH excluding ortho intramolecular Hbond substituents is 1. The van der Waals surface area contributed by atoms with Crippen molar-refractivity contribution in [1.82, 2.24) is 42.5 Å². The Kier molecular flexibility index (Phi) is 31.9. The van der Waals surface area contributed by atoms with Gasteiger partial charge in [-0.25, -0.2) is 4.79 Å². The normalized spacial score (nSPS) is 14.5. The average Bonchev–Trinajstić information content (AvgIpc) is 3.42. The van der Waals surface area contributed by atoms with Crippen LogP contribution in [0.4, 0.5) is 0 Å². The van der Waals surface area contributed by atoms with Crippen LogP contribution in [-0.2, 0) is 60.8 Å². The SMILES string of the molecule is CC[C@H](C)[C@H](N)C(=O)N[C@@H](Cc1ccc(O)cc1)C(=O)NCC(=O)N[C@@H](CCC(=O)O)C(=O)N[C@@H](Cc1ccccc1)C(=O)N[C@@H](CCCCN)C(=O)N[C@@H](CCCCN)C(=O)N[C@@H](CCCCN)C(=O)NC(CS)C(=O)O. The summed E-state index contributed by atoms with van der Waals surface area (Å²) in [6, 6.07) is 3.89. The summed E-state index contributed by atoms with van der Waals surface area (Å²) in [6.07, 6.45) is 1.86. The first-order valence-corrected chi connectivity index (χ1v) is 26.9. The van der Waals surface area contributed by atoms with E-state index in [0.717, 1.165) is 0 Å². The van der Waals surface area contributed by atoms with Crippen LogP contribution in [0.25, 0.3) is 0 Å². The second-order valence-electron chi connectivity index (χ2n) is 19.0. The highest BCUT2D eigenvalue weighted by Crippen LogP contribution is 2.14. The smallest absolute Gasteiger partial charge is 0.327 e. The molecule has 0 saturated carbocycles. The lowest BCUT2D eigenvalue weighted by molar-refractivity contribution is -0.141. The van der Waals surface area contributed by atoms with Crippen LogP contribution in [0.2, 0.25) is 0 Å². The van der Waals surface area contributed by atoms with Crippen LogP contribution < -0.4 is 65.5 Å². The Morgan fingerprint density at radius 3 is 1.33 bits per heavy atom. The van der Waals surface area contributed by atoms with Crippen LogP contribution in [0, 0.1) is 5.92 Å². The Morgan fingerprint density at radius 1 is 0.513 bits per heavy atom. The van der Waals surface area contributed by atoms with Crippen LogP contribution in [0.15, 0.2) is 54.6 Å². The minimum Gasteiger partial charge on any atom is -0.508 e. The van der Waals surface area contributed by atoms with E-state index in [1.54, 1.807) is 49.4 Å². The van der Waals surface area contributed by atoms with Crippen LogP contribution in [0.5, 0.6) is 5.75 Å². The molecule has 0 aliphatic rings. The molecule has 0 aromatic heterocycles. The van der Waals surface area contributed by atoms with E-state index in [0.29, 0.717) is 56.1 Å². The van der Waals surface area contributed by atoms with Gasteiger partial charge in [-0.3, -0.25) is 43.2 Å². The van der Waals surface area contributed by atoms with E-state index in [1.165, 1.54) is 12.1 Å². The number of nitrogens with two attached hydrogens (primary N) is 4. The van der Waals surface area contributed by atoms with Gasteiger partial charge in [0.15, 0.2) is 0 Å². The molecule has 0 bridgehead atoms. The Morgan fingerprint density at radius 2 is 0.910 bits per heavy atom. The number of carbonyl (C=O) groups excluding carboxylic acids is 8. The lowest BCUT2D eigenvalue weighted by atomic mass is 9.98. The first-order valence-electron chi connectivity index (χ1n) is 26.3. The molecule has 0 aliphatic carbocycles. The van der Waals surface area contributed by atoms with E-state index in [4.69, 9.17) is 22.9 Å². The van der Waals surface area contributed by atoms with Gasteiger partial charge in [0.25, 0.3) is 0 Å². The van der Waals surface area contributed by atoms with Crippen molar-refractivity contribution >= 4 is 71.8 Å². The third-order valence-corrected chi connectivity index (χ3v) is 13.1. The van der Waals surface area contributed by atoms with Crippen molar-refractivity contribution in [2.75, 3.05) is 31.9 Å². The van der Waals surface area contributed by atoms with E-state index in [9.17, 15) is 63.3 Å². The minimum atomic E-state index is -1.58.